The topological polar surface area (TPSA) is 125 Å². The number of nitrogens with one attached hydrogen (secondary N) is 2. The molecular weight excluding hydrogens is 286 g/mol. The van der Waals surface area contributed by atoms with Crippen LogP contribution in [0.15, 0.2) is 41.3 Å². The van der Waals surface area contributed by atoms with Crippen molar-refractivity contribution < 1.29 is 14.7 Å². The zero-order valence-electron chi connectivity index (χ0n) is 11.8. The predicted octanol–water partition coefficient (Wildman–Crippen LogP) is 0.345. The first-order valence-electron chi connectivity index (χ1n) is 6.47. The first-order valence-corrected chi connectivity index (χ1v) is 6.47. The normalized spacial score (nSPS) is 11.7. The van der Waals surface area contributed by atoms with E-state index in [1.807, 2.05) is 0 Å². The van der Waals surface area contributed by atoms with Crippen LogP contribution < -0.4 is 16.5 Å². The number of hydrogen-bond acceptors (Lipinski definition) is 4. The van der Waals surface area contributed by atoms with E-state index in [1.165, 1.54) is 36.5 Å². The Bertz CT molecular complexity index is 765. The van der Waals surface area contributed by atoms with E-state index in [0.717, 1.165) is 0 Å². The van der Waals surface area contributed by atoms with Crippen LogP contribution in [0.4, 0.5) is 0 Å². The van der Waals surface area contributed by atoms with Gasteiger partial charge < -0.3 is 21.1 Å². The molecule has 1 heterocycles. The van der Waals surface area contributed by atoms with Crippen LogP contribution >= 0.6 is 0 Å². The highest BCUT2D eigenvalue weighted by Gasteiger charge is 2.22. The lowest BCUT2D eigenvalue weighted by molar-refractivity contribution is -0.120. The Balaban J connectivity index is 2.28. The number of hydrogen-bond donors (Lipinski definition) is 4. The number of benzene rings is 1. The number of H-pyrrole nitrogens is 1. The van der Waals surface area contributed by atoms with Gasteiger partial charge in [-0.1, -0.05) is 12.1 Å². The smallest absolute Gasteiger partial charge is 0.257 e. The van der Waals surface area contributed by atoms with Gasteiger partial charge in [0.1, 0.15) is 17.4 Å². The lowest BCUT2D eigenvalue weighted by Crippen LogP contribution is -2.39. The van der Waals surface area contributed by atoms with Gasteiger partial charge in [-0.25, -0.2) is 0 Å². The number of carbonyl (C=O) groups excluding carboxylic acids is 2. The molecule has 0 spiro atoms. The first kappa shape index (κ1) is 15.3. The third-order valence-corrected chi connectivity index (χ3v) is 3.09. The molecule has 2 rings (SSSR count). The van der Waals surface area contributed by atoms with Gasteiger partial charge in [0.05, 0.1) is 0 Å². The maximum atomic E-state index is 12.1. The van der Waals surface area contributed by atoms with Crippen molar-refractivity contribution in [1.82, 2.24) is 10.3 Å². The average Bonchev–Trinajstić information content (AvgIpc) is 2.45. The quantitative estimate of drug-likeness (QED) is 0.650. The van der Waals surface area contributed by atoms with E-state index in [-0.39, 0.29) is 11.3 Å². The number of nitrogens with two attached hydrogens (primary N) is 1. The number of aromatic nitrogens is 1. The van der Waals surface area contributed by atoms with Crippen molar-refractivity contribution >= 4 is 11.8 Å². The van der Waals surface area contributed by atoms with Crippen LogP contribution in [0.2, 0.25) is 0 Å². The molecule has 0 saturated heterocycles. The molecule has 7 heteroatoms. The molecule has 0 saturated carbocycles. The second-order valence-electron chi connectivity index (χ2n) is 4.79. The van der Waals surface area contributed by atoms with Crippen molar-refractivity contribution in [2.75, 3.05) is 0 Å². The number of amides is 2. The van der Waals surface area contributed by atoms with E-state index < -0.39 is 23.3 Å². The molecule has 0 fully saturated rings. The summed E-state index contributed by atoms with van der Waals surface area (Å²) in [4.78, 5) is 38.2. The van der Waals surface area contributed by atoms with Crippen LogP contribution in [-0.4, -0.2) is 21.9 Å². The standard InChI is InChI=1S/C15H15N3O4/c1-8-6-12(20)11(7-17-8)15(22)18-13(14(16)21)9-2-4-10(19)5-3-9/h2-7,13,19H,1H3,(H2,16,21)(H,17,20)(H,18,22). The molecule has 0 radical (unpaired) electrons. The fourth-order valence-corrected chi connectivity index (χ4v) is 1.94. The zero-order chi connectivity index (χ0) is 16.3. The number of aryl methyl sites for hydroxylation is 1. The molecule has 2 amide bonds. The van der Waals surface area contributed by atoms with Crippen molar-refractivity contribution in [3.63, 3.8) is 0 Å². The Morgan fingerprint density at radius 1 is 1.27 bits per heavy atom. The molecular formula is C15H15N3O4. The largest absolute Gasteiger partial charge is 0.508 e. The number of carbonyl (C=O) groups is 2. The Labute approximate surface area is 125 Å². The summed E-state index contributed by atoms with van der Waals surface area (Å²) >= 11 is 0. The number of phenolic OH excluding ortho intramolecular Hbond substituents is 1. The van der Waals surface area contributed by atoms with Gasteiger partial charge in [0.25, 0.3) is 5.91 Å². The van der Waals surface area contributed by atoms with Gasteiger partial charge >= 0.3 is 0 Å². The number of aromatic amines is 1. The average molecular weight is 301 g/mol. The lowest BCUT2D eigenvalue weighted by Gasteiger charge is -2.15. The van der Waals surface area contributed by atoms with Crippen molar-refractivity contribution in [3.8, 4) is 5.75 Å². The molecule has 1 aromatic carbocycles. The van der Waals surface area contributed by atoms with E-state index in [0.29, 0.717) is 11.3 Å². The van der Waals surface area contributed by atoms with E-state index in [4.69, 9.17) is 5.73 Å². The molecule has 0 aliphatic heterocycles. The molecule has 22 heavy (non-hydrogen) atoms. The van der Waals surface area contributed by atoms with Crippen LogP contribution in [0.1, 0.15) is 27.7 Å². The van der Waals surface area contributed by atoms with Gasteiger partial charge in [0, 0.05) is 18.0 Å². The third kappa shape index (κ3) is 3.32. The molecule has 2 aromatic rings. The highest BCUT2D eigenvalue weighted by atomic mass is 16.3. The summed E-state index contributed by atoms with van der Waals surface area (Å²) < 4.78 is 0. The number of rotatable bonds is 4. The van der Waals surface area contributed by atoms with Gasteiger partial charge in [-0.05, 0) is 24.6 Å². The van der Waals surface area contributed by atoms with E-state index >= 15 is 0 Å². The van der Waals surface area contributed by atoms with Crippen LogP contribution in [0.3, 0.4) is 0 Å². The van der Waals surface area contributed by atoms with E-state index in [9.17, 15) is 19.5 Å². The van der Waals surface area contributed by atoms with Gasteiger partial charge in [-0.2, -0.15) is 0 Å². The van der Waals surface area contributed by atoms with Crippen molar-refractivity contribution in [2.24, 2.45) is 5.73 Å². The Morgan fingerprint density at radius 2 is 1.91 bits per heavy atom. The van der Waals surface area contributed by atoms with Gasteiger partial charge in [-0.3, -0.25) is 14.4 Å². The fourth-order valence-electron chi connectivity index (χ4n) is 1.94. The summed E-state index contributed by atoms with van der Waals surface area (Å²) in [5, 5.41) is 11.7. The van der Waals surface area contributed by atoms with Crippen LogP contribution in [-0.2, 0) is 4.79 Å². The van der Waals surface area contributed by atoms with Gasteiger partial charge in [0.2, 0.25) is 5.91 Å². The minimum absolute atomic E-state index is 0.0216. The summed E-state index contributed by atoms with van der Waals surface area (Å²) in [6.07, 6.45) is 1.28. The maximum Gasteiger partial charge on any atom is 0.257 e. The number of pyridine rings is 1. The predicted molar refractivity (Wildman–Crippen MR) is 79.3 cm³/mol. The van der Waals surface area contributed by atoms with E-state index in [1.54, 1.807) is 6.92 Å². The van der Waals surface area contributed by atoms with Gasteiger partial charge in [0.15, 0.2) is 5.43 Å². The SMILES string of the molecule is Cc1cc(=O)c(C(=O)NC(C(N)=O)c2ccc(O)cc2)c[nH]1. The number of phenols is 1. The molecule has 0 aliphatic carbocycles. The van der Waals surface area contributed by atoms with Crippen LogP contribution in [0.5, 0.6) is 5.75 Å². The van der Waals surface area contributed by atoms with Crippen molar-refractivity contribution in [3.05, 3.63) is 63.6 Å². The monoisotopic (exact) mass is 301 g/mol. The van der Waals surface area contributed by atoms with Crippen LogP contribution in [0, 0.1) is 6.92 Å². The van der Waals surface area contributed by atoms with Crippen molar-refractivity contribution in [2.45, 2.75) is 13.0 Å². The summed E-state index contributed by atoms with van der Waals surface area (Å²) in [6, 6.07) is 5.85. The van der Waals surface area contributed by atoms with Gasteiger partial charge in [-0.15, -0.1) is 0 Å². The Hall–Kier alpha value is -3.09. The molecule has 1 aromatic heterocycles. The lowest BCUT2D eigenvalue weighted by atomic mass is 10.1. The third-order valence-electron chi connectivity index (χ3n) is 3.09. The zero-order valence-corrected chi connectivity index (χ0v) is 11.8. The molecule has 0 aliphatic rings. The Kier molecular flexibility index (Phi) is 4.26. The molecule has 5 N–H and O–H groups in total. The molecule has 0 bridgehead atoms. The number of primary amides is 1. The fraction of sp³-hybridized carbons (Fsp3) is 0.133. The minimum Gasteiger partial charge on any atom is -0.508 e. The Morgan fingerprint density at radius 3 is 2.45 bits per heavy atom. The summed E-state index contributed by atoms with van der Waals surface area (Å²) in [7, 11) is 0. The highest BCUT2D eigenvalue weighted by molar-refractivity contribution is 5.97. The second kappa shape index (κ2) is 6.13. The number of aromatic hydroxyl groups is 1. The molecule has 1 atom stereocenters. The van der Waals surface area contributed by atoms with Crippen molar-refractivity contribution in [1.29, 1.82) is 0 Å². The summed E-state index contributed by atoms with van der Waals surface area (Å²) in [5.74, 6) is -1.46. The first-order chi connectivity index (χ1) is 10.4. The molecule has 1 unspecified atom stereocenters. The molecule has 7 nitrogen and oxygen atoms in total. The molecule has 114 valence electrons. The highest BCUT2D eigenvalue weighted by Crippen LogP contribution is 2.17. The summed E-state index contributed by atoms with van der Waals surface area (Å²) in [6.45, 7) is 1.69. The van der Waals surface area contributed by atoms with Crippen LogP contribution in [0.25, 0.3) is 0 Å². The van der Waals surface area contributed by atoms with E-state index in [2.05, 4.69) is 10.3 Å². The minimum atomic E-state index is -1.10. The maximum absolute atomic E-state index is 12.1. The second-order valence-corrected chi connectivity index (χ2v) is 4.79. The summed E-state index contributed by atoms with van der Waals surface area (Å²) in [5.41, 5.74) is 5.74.